The van der Waals surface area contributed by atoms with Crippen LogP contribution in [0.5, 0.6) is 0 Å². The predicted molar refractivity (Wildman–Crippen MR) is 88.2 cm³/mol. The average molecular weight is 325 g/mol. The number of carbonyl (C=O) groups excluding carboxylic acids is 1. The zero-order chi connectivity index (χ0) is 16.5. The minimum atomic E-state index is -0.391. The van der Waals surface area contributed by atoms with Gasteiger partial charge in [-0.3, -0.25) is 4.40 Å². The topological polar surface area (TPSA) is 62.5 Å². The number of amides is 2. The van der Waals surface area contributed by atoms with Gasteiger partial charge in [0.05, 0.1) is 5.69 Å². The zero-order valence-corrected chi connectivity index (χ0v) is 12.9. The molecule has 7 heteroatoms. The van der Waals surface area contributed by atoms with Crippen LogP contribution in [-0.4, -0.2) is 38.4 Å². The molecule has 1 aromatic carbocycles. The van der Waals surface area contributed by atoms with Crippen molar-refractivity contribution in [3.05, 3.63) is 48.7 Å². The number of nitrogens with one attached hydrogen (secondary N) is 1. The highest BCUT2D eigenvalue weighted by Gasteiger charge is 2.18. The van der Waals surface area contributed by atoms with E-state index in [1.165, 1.54) is 6.07 Å². The molecule has 1 fully saturated rings. The Balaban J connectivity index is 1.64. The number of halogens is 1. The Kier molecular flexibility index (Phi) is 3.60. The number of rotatable bonds is 2. The maximum atomic E-state index is 14.2. The van der Waals surface area contributed by atoms with Crippen LogP contribution in [0.15, 0.2) is 42.9 Å². The van der Waals surface area contributed by atoms with E-state index in [0.29, 0.717) is 22.7 Å². The maximum Gasteiger partial charge on any atom is 0.321 e. The van der Waals surface area contributed by atoms with Gasteiger partial charge < -0.3 is 10.2 Å². The lowest BCUT2D eigenvalue weighted by Crippen LogP contribution is -2.32. The summed E-state index contributed by atoms with van der Waals surface area (Å²) in [5, 5.41) is 2.83. The molecule has 0 atom stereocenters. The number of likely N-dealkylation sites (tertiary alicyclic amines) is 1. The fourth-order valence-electron chi connectivity index (χ4n) is 2.88. The Morgan fingerprint density at radius 2 is 2.00 bits per heavy atom. The number of carbonyl (C=O) groups is 1. The average Bonchev–Trinajstić information content (AvgIpc) is 3.27. The van der Waals surface area contributed by atoms with Crippen LogP contribution >= 0.6 is 0 Å². The molecule has 1 N–H and O–H groups in total. The fraction of sp³-hybridized carbons (Fsp3) is 0.235. The Morgan fingerprint density at radius 1 is 1.17 bits per heavy atom. The predicted octanol–water partition coefficient (Wildman–Crippen LogP) is 3.16. The minimum Gasteiger partial charge on any atom is -0.325 e. The van der Waals surface area contributed by atoms with Crippen molar-refractivity contribution in [3.63, 3.8) is 0 Å². The SMILES string of the molecule is O=C(Nc1ccc(F)c(-c2ccn3ccnc3n2)c1)N1CCCC1. The van der Waals surface area contributed by atoms with Crippen LogP contribution in [0.2, 0.25) is 0 Å². The third kappa shape index (κ3) is 2.68. The first-order chi connectivity index (χ1) is 11.7. The van der Waals surface area contributed by atoms with Crippen LogP contribution in [0.4, 0.5) is 14.9 Å². The molecule has 0 spiro atoms. The number of aromatic nitrogens is 3. The van der Waals surface area contributed by atoms with Crippen molar-refractivity contribution >= 4 is 17.5 Å². The molecular formula is C17H16FN5O. The third-order valence-electron chi connectivity index (χ3n) is 4.15. The van der Waals surface area contributed by atoms with Gasteiger partial charge in [-0.1, -0.05) is 0 Å². The molecule has 1 aliphatic rings. The van der Waals surface area contributed by atoms with E-state index in [-0.39, 0.29) is 6.03 Å². The number of imidazole rings is 1. The van der Waals surface area contributed by atoms with E-state index in [4.69, 9.17) is 0 Å². The molecule has 0 unspecified atom stereocenters. The van der Waals surface area contributed by atoms with Gasteiger partial charge in [0.25, 0.3) is 0 Å². The summed E-state index contributed by atoms with van der Waals surface area (Å²) in [6, 6.07) is 6.07. The molecule has 3 aromatic rings. The number of hydrogen-bond donors (Lipinski definition) is 1. The number of fused-ring (bicyclic) bond motifs is 1. The summed E-state index contributed by atoms with van der Waals surface area (Å²) >= 11 is 0. The summed E-state index contributed by atoms with van der Waals surface area (Å²) < 4.78 is 16.0. The van der Waals surface area contributed by atoms with E-state index in [1.54, 1.807) is 46.1 Å². The van der Waals surface area contributed by atoms with Crippen LogP contribution in [0, 0.1) is 5.82 Å². The fourth-order valence-corrected chi connectivity index (χ4v) is 2.88. The van der Waals surface area contributed by atoms with Crippen LogP contribution in [-0.2, 0) is 0 Å². The number of nitrogens with zero attached hydrogens (tertiary/aromatic N) is 4. The highest BCUT2D eigenvalue weighted by molar-refractivity contribution is 5.90. The van der Waals surface area contributed by atoms with E-state index >= 15 is 0 Å². The lowest BCUT2D eigenvalue weighted by Gasteiger charge is -2.16. The molecule has 6 nitrogen and oxygen atoms in total. The van der Waals surface area contributed by atoms with Gasteiger partial charge in [-0.25, -0.2) is 19.2 Å². The zero-order valence-electron chi connectivity index (χ0n) is 12.9. The second-order valence-corrected chi connectivity index (χ2v) is 5.77. The monoisotopic (exact) mass is 325 g/mol. The van der Waals surface area contributed by atoms with Gasteiger partial charge in [-0.15, -0.1) is 0 Å². The summed E-state index contributed by atoms with van der Waals surface area (Å²) in [5.41, 5.74) is 1.36. The molecule has 0 aliphatic carbocycles. The molecule has 0 bridgehead atoms. The maximum absolute atomic E-state index is 14.2. The Labute approximate surface area is 138 Å². The Morgan fingerprint density at radius 3 is 2.83 bits per heavy atom. The molecule has 0 saturated carbocycles. The van der Waals surface area contributed by atoms with E-state index in [1.807, 2.05) is 0 Å². The lowest BCUT2D eigenvalue weighted by atomic mass is 10.1. The highest BCUT2D eigenvalue weighted by Crippen LogP contribution is 2.25. The molecule has 3 heterocycles. The molecule has 1 saturated heterocycles. The standard InChI is InChI=1S/C17H16FN5O/c18-14-4-3-12(20-17(24)23-7-1-2-8-23)11-13(14)15-5-9-22-10-6-19-16(22)21-15/h3-6,9-11H,1-2,7-8H2,(H,20,24). The second-order valence-electron chi connectivity index (χ2n) is 5.77. The summed E-state index contributed by atoms with van der Waals surface area (Å²) in [6.45, 7) is 1.52. The van der Waals surface area contributed by atoms with E-state index in [0.717, 1.165) is 25.9 Å². The normalized spacial score (nSPS) is 14.3. The molecule has 4 rings (SSSR count). The summed E-state index contributed by atoms with van der Waals surface area (Å²) in [7, 11) is 0. The molecule has 122 valence electrons. The van der Waals surface area contributed by atoms with Gasteiger partial charge in [-0.05, 0) is 37.1 Å². The van der Waals surface area contributed by atoms with Crippen LogP contribution in [0.25, 0.3) is 17.0 Å². The Bertz CT molecular complexity index is 901. The van der Waals surface area contributed by atoms with Crippen molar-refractivity contribution in [3.8, 4) is 11.3 Å². The van der Waals surface area contributed by atoms with Gasteiger partial charge in [0, 0.05) is 42.9 Å². The minimum absolute atomic E-state index is 0.151. The van der Waals surface area contributed by atoms with Crippen molar-refractivity contribution in [2.24, 2.45) is 0 Å². The first-order valence-electron chi connectivity index (χ1n) is 7.86. The van der Waals surface area contributed by atoms with Crippen molar-refractivity contribution < 1.29 is 9.18 Å². The van der Waals surface area contributed by atoms with Crippen molar-refractivity contribution in [1.29, 1.82) is 0 Å². The smallest absolute Gasteiger partial charge is 0.321 e. The summed E-state index contributed by atoms with van der Waals surface area (Å²) in [4.78, 5) is 22.4. The van der Waals surface area contributed by atoms with Crippen molar-refractivity contribution in [1.82, 2.24) is 19.3 Å². The number of urea groups is 1. The lowest BCUT2D eigenvalue weighted by molar-refractivity contribution is 0.222. The summed E-state index contributed by atoms with van der Waals surface area (Å²) in [6.07, 6.45) is 7.23. The van der Waals surface area contributed by atoms with Crippen molar-refractivity contribution in [2.75, 3.05) is 18.4 Å². The van der Waals surface area contributed by atoms with Crippen LogP contribution in [0.3, 0.4) is 0 Å². The highest BCUT2D eigenvalue weighted by atomic mass is 19.1. The van der Waals surface area contributed by atoms with Crippen molar-refractivity contribution in [2.45, 2.75) is 12.8 Å². The van der Waals surface area contributed by atoms with Gasteiger partial charge in [-0.2, -0.15) is 0 Å². The van der Waals surface area contributed by atoms with Gasteiger partial charge in [0.15, 0.2) is 0 Å². The van der Waals surface area contributed by atoms with Gasteiger partial charge in [0.2, 0.25) is 5.78 Å². The number of benzene rings is 1. The molecule has 1 aliphatic heterocycles. The van der Waals surface area contributed by atoms with E-state index in [2.05, 4.69) is 15.3 Å². The van der Waals surface area contributed by atoms with Gasteiger partial charge >= 0.3 is 6.03 Å². The quantitative estimate of drug-likeness (QED) is 0.787. The first kappa shape index (κ1) is 14.6. The van der Waals surface area contributed by atoms with Crippen LogP contribution < -0.4 is 5.32 Å². The van der Waals surface area contributed by atoms with E-state index < -0.39 is 5.82 Å². The third-order valence-corrected chi connectivity index (χ3v) is 4.15. The largest absolute Gasteiger partial charge is 0.325 e. The Hall–Kier alpha value is -2.96. The number of hydrogen-bond acceptors (Lipinski definition) is 3. The van der Waals surface area contributed by atoms with Gasteiger partial charge in [0.1, 0.15) is 5.82 Å². The molecule has 2 aromatic heterocycles. The molecule has 0 radical (unpaired) electrons. The van der Waals surface area contributed by atoms with E-state index in [9.17, 15) is 9.18 Å². The first-order valence-corrected chi connectivity index (χ1v) is 7.86. The molecule has 24 heavy (non-hydrogen) atoms. The molecular weight excluding hydrogens is 309 g/mol. The summed E-state index contributed by atoms with van der Waals surface area (Å²) in [5.74, 6) is 0.107. The van der Waals surface area contributed by atoms with Crippen LogP contribution in [0.1, 0.15) is 12.8 Å². The molecule has 2 amide bonds. The number of anilines is 1. The second kappa shape index (κ2) is 5.92.